The third kappa shape index (κ3) is 5.53. The molecule has 6 nitrogen and oxygen atoms in total. The number of halogens is 2. The number of esters is 1. The van der Waals surface area contributed by atoms with E-state index in [-0.39, 0.29) is 5.70 Å². The number of nitrogens with one attached hydrogen (secondary N) is 1. The first-order valence-electron chi connectivity index (χ1n) is 7.26. The number of carboxylic acid groups (broad SMARTS) is 1. The van der Waals surface area contributed by atoms with E-state index in [2.05, 4.69) is 5.32 Å². The van der Waals surface area contributed by atoms with Crippen molar-refractivity contribution in [2.75, 3.05) is 0 Å². The Morgan fingerprint density at radius 3 is 2.15 bits per heavy atom. The molecular formula is C18H13I2NO5. The molecule has 2 rings (SSSR count). The van der Waals surface area contributed by atoms with Gasteiger partial charge in [0.25, 0.3) is 5.91 Å². The van der Waals surface area contributed by atoms with Gasteiger partial charge in [-0.05, 0) is 81.1 Å². The summed E-state index contributed by atoms with van der Waals surface area (Å²) in [5, 5.41) is 11.8. The Morgan fingerprint density at radius 1 is 1.08 bits per heavy atom. The third-order valence-corrected chi connectivity index (χ3v) is 4.69. The number of carboxylic acids is 1. The van der Waals surface area contributed by atoms with E-state index < -0.39 is 17.8 Å². The lowest BCUT2D eigenvalue weighted by atomic mass is 10.1. The highest BCUT2D eigenvalue weighted by atomic mass is 127. The molecule has 1 amide bonds. The first-order valence-corrected chi connectivity index (χ1v) is 9.42. The lowest BCUT2D eigenvalue weighted by Crippen LogP contribution is -2.27. The minimum atomic E-state index is -1.26. The van der Waals surface area contributed by atoms with Gasteiger partial charge in [0.1, 0.15) is 5.70 Å². The Balaban J connectivity index is 2.33. The van der Waals surface area contributed by atoms with Gasteiger partial charge in [-0.25, -0.2) is 4.79 Å². The molecule has 2 N–H and O–H groups in total. The molecule has 0 aromatic heterocycles. The summed E-state index contributed by atoms with van der Waals surface area (Å²) < 4.78 is 6.44. The van der Waals surface area contributed by atoms with Crippen molar-refractivity contribution in [2.24, 2.45) is 0 Å². The van der Waals surface area contributed by atoms with E-state index in [4.69, 9.17) is 4.74 Å². The highest BCUT2D eigenvalue weighted by molar-refractivity contribution is 14.1. The first kappa shape index (κ1) is 20.4. The molecule has 0 aliphatic carbocycles. The number of amides is 1. The summed E-state index contributed by atoms with van der Waals surface area (Å²) in [4.78, 5) is 34.8. The molecule has 0 fully saturated rings. The van der Waals surface area contributed by atoms with Crippen LogP contribution in [-0.2, 0) is 9.59 Å². The lowest BCUT2D eigenvalue weighted by molar-refractivity contribution is -0.133. The number of hydrogen-bond acceptors (Lipinski definition) is 4. The minimum absolute atomic E-state index is 0.259. The number of carbonyl (C=O) groups is 3. The average molecular weight is 577 g/mol. The fourth-order valence-corrected chi connectivity index (χ4v) is 4.04. The van der Waals surface area contributed by atoms with Gasteiger partial charge in [0, 0.05) is 12.5 Å². The monoisotopic (exact) mass is 577 g/mol. The lowest BCUT2D eigenvalue weighted by Gasteiger charge is -2.10. The topological polar surface area (TPSA) is 92.7 Å². The molecule has 0 spiro atoms. The zero-order valence-electron chi connectivity index (χ0n) is 13.5. The van der Waals surface area contributed by atoms with Crippen molar-refractivity contribution < 1.29 is 24.2 Å². The fraction of sp³-hybridized carbons (Fsp3) is 0.0556. The van der Waals surface area contributed by atoms with E-state index in [9.17, 15) is 19.5 Å². The van der Waals surface area contributed by atoms with Gasteiger partial charge in [-0.2, -0.15) is 0 Å². The summed E-state index contributed by atoms with van der Waals surface area (Å²) in [6.45, 7) is 1.31. The maximum absolute atomic E-state index is 12.2. The van der Waals surface area contributed by atoms with Crippen LogP contribution in [0.1, 0.15) is 22.8 Å². The standard InChI is InChI=1S/C18H13I2NO5/c1-10(22)26-16-13(19)7-11(8-14(16)20)9-15(18(24)25)21-17(23)12-5-3-2-4-6-12/h2-9H,1H3,(H,21,23)(H,24,25). The summed E-state index contributed by atoms with van der Waals surface area (Å²) in [5.41, 5.74) is 0.653. The Bertz CT molecular complexity index is 871. The summed E-state index contributed by atoms with van der Waals surface area (Å²) in [7, 11) is 0. The SMILES string of the molecule is CC(=O)Oc1c(I)cc(C=C(NC(=O)c2ccccc2)C(=O)O)cc1I. The second kappa shape index (κ2) is 9.12. The van der Waals surface area contributed by atoms with Crippen LogP contribution in [0.15, 0.2) is 48.2 Å². The Labute approximate surface area is 176 Å². The van der Waals surface area contributed by atoms with Gasteiger partial charge in [-0.1, -0.05) is 18.2 Å². The molecule has 26 heavy (non-hydrogen) atoms. The van der Waals surface area contributed by atoms with E-state index in [1.165, 1.54) is 13.0 Å². The van der Waals surface area contributed by atoms with Gasteiger partial charge in [-0.15, -0.1) is 0 Å². The van der Waals surface area contributed by atoms with E-state index in [0.29, 0.717) is 24.0 Å². The molecule has 0 unspecified atom stereocenters. The van der Waals surface area contributed by atoms with Crippen LogP contribution in [0.2, 0.25) is 0 Å². The van der Waals surface area contributed by atoms with Crippen molar-refractivity contribution in [3.63, 3.8) is 0 Å². The van der Waals surface area contributed by atoms with Gasteiger partial charge in [0.2, 0.25) is 0 Å². The maximum Gasteiger partial charge on any atom is 0.352 e. The number of aliphatic carboxylic acids is 1. The molecule has 2 aromatic rings. The summed E-state index contributed by atoms with van der Waals surface area (Å²) >= 11 is 4.00. The number of rotatable bonds is 5. The Morgan fingerprint density at radius 2 is 1.65 bits per heavy atom. The predicted molar refractivity (Wildman–Crippen MR) is 113 cm³/mol. The van der Waals surface area contributed by atoms with Crippen LogP contribution in [0.3, 0.4) is 0 Å². The number of hydrogen-bond donors (Lipinski definition) is 2. The number of carbonyl (C=O) groups excluding carboxylic acids is 2. The molecule has 0 radical (unpaired) electrons. The predicted octanol–water partition coefficient (Wildman–Crippen LogP) is 3.68. The molecule has 134 valence electrons. The number of benzene rings is 2. The van der Waals surface area contributed by atoms with Crippen molar-refractivity contribution >= 4 is 69.1 Å². The average Bonchev–Trinajstić information content (AvgIpc) is 2.58. The van der Waals surface area contributed by atoms with Crippen LogP contribution in [0.25, 0.3) is 6.08 Å². The van der Waals surface area contributed by atoms with E-state index >= 15 is 0 Å². The van der Waals surface area contributed by atoms with Crippen LogP contribution < -0.4 is 10.1 Å². The quantitative estimate of drug-likeness (QED) is 0.245. The molecule has 0 heterocycles. The van der Waals surface area contributed by atoms with Crippen LogP contribution >= 0.6 is 45.2 Å². The molecule has 8 heteroatoms. The van der Waals surface area contributed by atoms with Gasteiger partial charge >= 0.3 is 11.9 Å². The Kier molecular flexibility index (Phi) is 7.14. The molecule has 0 aliphatic rings. The third-order valence-electron chi connectivity index (χ3n) is 3.09. The summed E-state index contributed by atoms with van der Waals surface area (Å²) in [6.07, 6.45) is 1.35. The van der Waals surface area contributed by atoms with Gasteiger partial charge in [0.05, 0.1) is 7.14 Å². The molecule has 0 saturated carbocycles. The fourth-order valence-electron chi connectivity index (χ4n) is 2.01. The second-order valence-electron chi connectivity index (χ2n) is 5.09. The molecule has 0 saturated heterocycles. The molecule has 0 aliphatic heterocycles. The largest absolute Gasteiger partial charge is 0.477 e. The highest BCUT2D eigenvalue weighted by Crippen LogP contribution is 2.29. The van der Waals surface area contributed by atoms with Crippen LogP contribution in [-0.4, -0.2) is 23.0 Å². The van der Waals surface area contributed by atoms with Crippen LogP contribution in [0, 0.1) is 7.14 Å². The van der Waals surface area contributed by atoms with Crippen LogP contribution in [0.5, 0.6) is 5.75 Å². The van der Waals surface area contributed by atoms with Gasteiger partial charge < -0.3 is 15.2 Å². The van der Waals surface area contributed by atoms with E-state index in [1.807, 2.05) is 45.2 Å². The van der Waals surface area contributed by atoms with Gasteiger partial charge in [0.15, 0.2) is 5.75 Å². The van der Waals surface area contributed by atoms with Crippen molar-refractivity contribution in [3.05, 3.63) is 66.4 Å². The highest BCUT2D eigenvalue weighted by Gasteiger charge is 2.15. The van der Waals surface area contributed by atoms with Crippen molar-refractivity contribution in [1.29, 1.82) is 0 Å². The zero-order chi connectivity index (χ0) is 19.3. The smallest absolute Gasteiger partial charge is 0.352 e. The van der Waals surface area contributed by atoms with Crippen LogP contribution in [0.4, 0.5) is 0 Å². The van der Waals surface area contributed by atoms with Crippen molar-refractivity contribution in [1.82, 2.24) is 5.32 Å². The van der Waals surface area contributed by atoms with E-state index in [1.54, 1.807) is 42.5 Å². The van der Waals surface area contributed by atoms with Crippen molar-refractivity contribution in [2.45, 2.75) is 6.92 Å². The minimum Gasteiger partial charge on any atom is -0.477 e. The summed E-state index contributed by atoms with van der Waals surface area (Å²) in [6, 6.07) is 11.7. The first-order chi connectivity index (χ1) is 12.3. The molecule has 2 aromatic carbocycles. The van der Waals surface area contributed by atoms with E-state index in [0.717, 1.165) is 0 Å². The second-order valence-corrected chi connectivity index (χ2v) is 7.42. The molecule has 0 atom stereocenters. The molecular weight excluding hydrogens is 564 g/mol. The molecule has 0 bridgehead atoms. The number of ether oxygens (including phenoxy) is 1. The van der Waals surface area contributed by atoms with Gasteiger partial charge in [-0.3, -0.25) is 9.59 Å². The van der Waals surface area contributed by atoms with Crippen molar-refractivity contribution in [3.8, 4) is 5.75 Å². The zero-order valence-corrected chi connectivity index (χ0v) is 17.8. The summed E-state index contributed by atoms with van der Waals surface area (Å²) in [5.74, 6) is -1.80. The maximum atomic E-state index is 12.2. The normalized spacial score (nSPS) is 11.0. The Hall–Kier alpha value is -1.95.